The quantitative estimate of drug-likeness (QED) is 0.207. The lowest BCUT2D eigenvalue weighted by molar-refractivity contribution is -0.114. The third-order valence-corrected chi connectivity index (χ3v) is 4.24. The fourth-order valence-corrected chi connectivity index (χ4v) is 2.67. The second-order valence-electron chi connectivity index (χ2n) is 6.42. The summed E-state index contributed by atoms with van der Waals surface area (Å²) in [6.07, 6.45) is 14.5. The number of ether oxygens (including phenoxy) is 3. The average Bonchev–Trinajstić information content (AvgIpc) is 2.59. The van der Waals surface area contributed by atoms with Crippen LogP contribution in [-0.4, -0.2) is 44.4 Å². The molecule has 0 aliphatic carbocycles. The Labute approximate surface area is 149 Å². The monoisotopic (exact) mass is 344 g/mol. The van der Waals surface area contributed by atoms with Crippen LogP contribution in [0.5, 0.6) is 0 Å². The topological polar surface area (TPSA) is 47.9 Å². The lowest BCUT2D eigenvalue weighted by Gasteiger charge is -2.20. The van der Waals surface area contributed by atoms with E-state index in [4.69, 9.17) is 14.2 Å². The minimum Gasteiger partial charge on any atom is -0.390 e. The molecular formula is C20H40O4. The van der Waals surface area contributed by atoms with Crippen LogP contribution < -0.4 is 0 Å². The van der Waals surface area contributed by atoms with Gasteiger partial charge in [0.1, 0.15) is 12.9 Å². The third-order valence-electron chi connectivity index (χ3n) is 4.24. The zero-order chi connectivity index (χ0) is 17.9. The third kappa shape index (κ3) is 15.1. The lowest BCUT2D eigenvalue weighted by Crippen LogP contribution is -2.28. The number of methoxy groups -OCH3 is 1. The zero-order valence-corrected chi connectivity index (χ0v) is 16.0. The molecule has 144 valence electrons. The Morgan fingerprint density at radius 1 is 0.917 bits per heavy atom. The Morgan fingerprint density at radius 3 is 2.04 bits per heavy atom. The van der Waals surface area contributed by atoms with Gasteiger partial charge in [-0.1, -0.05) is 77.2 Å². The summed E-state index contributed by atoms with van der Waals surface area (Å²) in [7, 11) is 1.63. The number of aliphatic hydroxyl groups is 1. The van der Waals surface area contributed by atoms with Gasteiger partial charge >= 0.3 is 0 Å². The van der Waals surface area contributed by atoms with Crippen molar-refractivity contribution in [3.05, 3.63) is 12.7 Å². The summed E-state index contributed by atoms with van der Waals surface area (Å²) in [5.41, 5.74) is 0. The van der Waals surface area contributed by atoms with Crippen molar-refractivity contribution in [2.45, 2.75) is 89.8 Å². The molecular weight excluding hydrogens is 304 g/mol. The molecule has 4 nitrogen and oxygen atoms in total. The predicted molar refractivity (Wildman–Crippen MR) is 100 cm³/mol. The molecule has 0 aliphatic heterocycles. The summed E-state index contributed by atoms with van der Waals surface area (Å²) in [4.78, 5) is 0. The van der Waals surface area contributed by atoms with Gasteiger partial charge in [0.25, 0.3) is 0 Å². The molecule has 0 saturated carbocycles. The Bertz CT molecular complexity index is 258. The highest BCUT2D eigenvalue weighted by molar-refractivity contribution is 4.85. The van der Waals surface area contributed by atoms with Crippen molar-refractivity contribution >= 4 is 0 Å². The first-order valence-electron chi connectivity index (χ1n) is 9.75. The fraction of sp³-hybridized carbons (Fsp3) is 0.900. The smallest absolute Gasteiger partial charge is 0.147 e. The Morgan fingerprint density at radius 2 is 1.50 bits per heavy atom. The van der Waals surface area contributed by atoms with E-state index in [1.54, 1.807) is 13.2 Å². The van der Waals surface area contributed by atoms with Crippen LogP contribution >= 0.6 is 0 Å². The van der Waals surface area contributed by atoms with Crippen LogP contribution in [0.15, 0.2) is 12.7 Å². The first-order valence-corrected chi connectivity index (χ1v) is 9.75. The molecule has 2 atom stereocenters. The molecule has 0 aromatic rings. The van der Waals surface area contributed by atoms with Crippen LogP contribution in [-0.2, 0) is 14.2 Å². The molecule has 0 aliphatic rings. The fourth-order valence-electron chi connectivity index (χ4n) is 2.67. The minimum absolute atomic E-state index is 0.162. The number of hydrogen-bond acceptors (Lipinski definition) is 4. The maximum absolute atomic E-state index is 10.2. The second kappa shape index (κ2) is 18.9. The van der Waals surface area contributed by atoms with Gasteiger partial charge in [-0.2, -0.15) is 0 Å². The number of rotatable bonds is 19. The first kappa shape index (κ1) is 23.6. The zero-order valence-electron chi connectivity index (χ0n) is 16.0. The number of aliphatic hydroxyl groups excluding tert-OH is 1. The predicted octanol–water partition coefficient (Wildman–Crippen LogP) is 4.85. The van der Waals surface area contributed by atoms with E-state index in [0.29, 0.717) is 13.2 Å². The molecule has 0 bridgehead atoms. The van der Waals surface area contributed by atoms with E-state index in [-0.39, 0.29) is 12.9 Å². The van der Waals surface area contributed by atoms with Gasteiger partial charge in [-0.05, 0) is 6.42 Å². The number of unbranched alkanes of at least 4 members (excludes halogenated alkanes) is 9. The molecule has 0 amide bonds. The van der Waals surface area contributed by atoms with Gasteiger partial charge in [0, 0.05) is 7.11 Å². The van der Waals surface area contributed by atoms with E-state index >= 15 is 0 Å². The Balaban J connectivity index is 3.47. The minimum atomic E-state index is -0.498. The van der Waals surface area contributed by atoms with E-state index in [0.717, 1.165) is 12.8 Å². The summed E-state index contributed by atoms with van der Waals surface area (Å²) in [5.74, 6) is 0. The molecule has 1 N–H and O–H groups in total. The standard InChI is InChI=1S/C20H40O4/c1-4-6-7-8-9-10-11-12-13-14-15-19(21)20(5-2)24-18-23-17-16-22-3/h5,19-21H,2,4,6-18H2,1,3H3/t19-,20+/m1/s1. The van der Waals surface area contributed by atoms with Crippen LogP contribution in [0.4, 0.5) is 0 Å². The van der Waals surface area contributed by atoms with E-state index in [2.05, 4.69) is 13.5 Å². The average molecular weight is 345 g/mol. The maximum Gasteiger partial charge on any atom is 0.147 e. The van der Waals surface area contributed by atoms with Gasteiger partial charge < -0.3 is 19.3 Å². The van der Waals surface area contributed by atoms with Crippen molar-refractivity contribution in [3.8, 4) is 0 Å². The molecule has 0 aromatic heterocycles. The van der Waals surface area contributed by atoms with Crippen molar-refractivity contribution in [2.75, 3.05) is 27.1 Å². The van der Waals surface area contributed by atoms with Crippen molar-refractivity contribution in [1.82, 2.24) is 0 Å². The largest absolute Gasteiger partial charge is 0.390 e. The van der Waals surface area contributed by atoms with Crippen molar-refractivity contribution in [3.63, 3.8) is 0 Å². The molecule has 0 aromatic carbocycles. The van der Waals surface area contributed by atoms with Gasteiger partial charge in [0.2, 0.25) is 0 Å². The first-order chi connectivity index (χ1) is 11.8. The molecule has 0 unspecified atom stereocenters. The molecule has 0 rings (SSSR count). The Kier molecular flexibility index (Phi) is 18.6. The van der Waals surface area contributed by atoms with Crippen LogP contribution in [0.2, 0.25) is 0 Å². The maximum atomic E-state index is 10.2. The molecule has 24 heavy (non-hydrogen) atoms. The van der Waals surface area contributed by atoms with Crippen molar-refractivity contribution < 1.29 is 19.3 Å². The molecule has 0 radical (unpaired) electrons. The molecule has 0 saturated heterocycles. The second-order valence-corrected chi connectivity index (χ2v) is 6.42. The number of hydrogen-bond donors (Lipinski definition) is 1. The van der Waals surface area contributed by atoms with E-state index in [1.807, 2.05) is 0 Å². The van der Waals surface area contributed by atoms with Crippen LogP contribution in [0, 0.1) is 0 Å². The van der Waals surface area contributed by atoms with Crippen molar-refractivity contribution in [2.24, 2.45) is 0 Å². The van der Waals surface area contributed by atoms with Gasteiger partial charge in [-0.3, -0.25) is 0 Å². The molecule has 0 heterocycles. The molecule has 0 spiro atoms. The highest BCUT2D eigenvalue weighted by Crippen LogP contribution is 2.14. The van der Waals surface area contributed by atoms with Crippen molar-refractivity contribution in [1.29, 1.82) is 0 Å². The normalized spacial score (nSPS) is 13.8. The van der Waals surface area contributed by atoms with Gasteiger partial charge in [-0.25, -0.2) is 0 Å². The highest BCUT2D eigenvalue weighted by Gasteiger charge is 2.16. The van der Waals surface area contributed by atoms with E-state index in [9.17, 15) is 5.11 Å². The highest BCUT2D eigenvalue weighted by atomic mass is 16.7. The van der Waals surface area contributed by atoms with Gasteiger partial charge in [0.15, 0.2) is 0 Å². The van der Waals surface area contributed by atoms with Crippen LogP contribution in [0.3, 0.4) is 0 Å². The van der Waals surface area contributed by atoms with Crippen LogP contribution in [0.1, 0.15) is 77.6 Å². The van der Waals surface area contributed by atoms with Gasteiger partial charge in [0.05, 0.1) is 19.3 Å². The SMILES string of the molecule is C=C[C@H](OCOCCOC)[C@H](O)CCCCCCCCCCCC. The summed E-state index contributed by atoms with van der Waals surface area (Å²) in [5, 5.41) is 10.2. The van der Waals surface area contributed by atoms with E-state index < -0.39 is 6.10 Å². The summed E-state index contributed by atoms with van der Waals surface area (Å²) in [6, 6.07) is 0. The molecule has 4 heteroatoms. The van der Waals surface area contributed by atoms with Gasteiger partial charge in [-0.15, -0.1) is 6.58 Å². The summed E-state index contributed by atoms with van der Waals surface area (Å²) < 4.78 is 15.6. The summed E-state index contributed by atoms with van der Waals surface area (Å²) >= 11 is 0. The summed E-state index contributed by atoms with van der Waals surface area (Å²) in [6.45, 7) is 7.19. The molecule has 0 fully saturated rings. The Hall–Kier alpha value is -0.420. The van der Waals surface area contributed by atoms with E-state index in [1.165, 1.54) is 57.8 Å². The van der Waals surface area contributed by atoms with Crippen LogP contribution in [0.25, 0.3) is 0 Å². The lowest BCUT2D eigenvalue weighted by atomic mass is 10.0.